The van der Waals surface area contributed by atoms with Crippen LogP contribution in [-0.2, 0) is 14.3 Å². The molecule has 1 saturated carbocycles. The molecule has 2 aliphatic heterocycles. The van der Waals surface area contributed by atoms with Gasteiger partial charge in [0.05, 0.1) is 23.7 Å². The smallest absolute Gasteiger partial charge is 0.312 e. The van der Waals surface area contributed by atoms with Crippen LogP contribution in [0.3, 0.4) is 0 Å². The van der Waals surface area contributed by atoms with Crippen molar-refractivity contribution < 1.29 is 19.4 Å². The van der Waals surface area contributed by atoms with Crippen molar-refractivity contribution in [3.63, 3.8) is 0 Å². The number of carboxylic acids is 1. The molecule has 2 unspecified atom stereocenters. The predicted molar refractivity (Wildman–Crippen MR) is 65.4 cm³/mol. The van der Waals surface area contributed by atoms with Crippen molar-refractivity contribution in [3.05, 3.63) is 0 Å². The first kappa shape index (κ1) is 12.4. The summed E-state index contributed by atoms with van der Waals surface area (Å²) in [5.41, 5.74) is -0.585. The van der Waals surface area contributed by atoms with E-state index in [0.717, 1.165) is 12.8 Å². The molecule has 1 aliphatic carbocycles. The highest BCUT2D eigenvalue weighted by molar-refractivity contribution is 5.75. The van der Waals surface area contributed by atoms with Crippen LogP contribution in [0.1, 0.15) is 51.4 Å². The van der Waals surface area contributed by atoms with Gasteiger partial charge in [0.25, 0.3) is 0 Å². The predicted octanol–water partition coefficient (Wildman–Crippen LogP) is 2.36. The lowest BCUT2D eigenvalue weighted by Crippen LogP contribution is -2.36. The third-order valence-electron chi connectivity index (χ3n) is 5.03. The molecule has 0 amide bonds. The molecule has 2 saturated heterocycles. The molecule has 4 heteroatoms. The van der Waals surface area contributed by atoms with Crippen molar-refractivity contribution in [2.45, 2.75) is 63.1 Å². The zero-order chi connectivity index (χ0) is 12.6. The minimum atomic E-state index is -0.712. The van der Waals surface area contributed by atoms with Crippen LogP contribution >= 0.6 is 0 Å². The number of carboxylic acid groups (broad SMARTS) is 1. The molecular formula is C14H22O4. The Morgan fingerprint density at radius 2 is 2.00 bits per heavy atom. The molecule has 3 rings (SSSR count). The van der Waals surface area contributed by atoms with Gasteiger partial charge in [0.1, 0.15) is 0 Å². The number of rotatable bonds is 3. The van der Waals surface area contributed by atoms with Gasteiger partial charge in [-0.2, -0.15) is 0 Å². The maximum absolute atomic E-state index is 11.5. The van der Waals surface area contributed by atoms with E-state index in [1.807, 2.05) is 0 Å². The monoisotopic (exact) mass is 254 g/mol. The maximum atomic E-state index is 11.5. The Labute approximate surface area is 108 Å². The number of carbonyl (C=O) groups is 1. The minimum Gasteiger partial charge on any atom is -0.481 e. The van der Waals surface area contributed by atoms with Gasteiger partial charge in [-0.1, -0.05) is 12.8 Å². The third kappa shape index (κ3) is 2.05. The number of hydrogen-bond acceptors (Lipinski definition) is 3. The summed E-state index contributed by atoms with van der Waals surface area (Å²) >= 11 is 0. The summed E-state index contributed by atoms with van der Waals surface area (Å²) in [6, 6.07) is 0. The molecule has 102 valence electrons. The van der Waals surface area contributed by atoms with Gasteiger partial charge in [-0.05, 0) is 38.5 Å². The molecule has 0 aromatic carbocycles. The van der Waals surface area contributed by atoms with Crippen molar-refractivity contribution in [2.75, 3.05) is 13.2 Å². The van der Waals surface area contributed by atoms with E-state index in [1.54, 1.807) is 0 Å². The van der Waals surface area contributed by atoms with E-state index in [2.05, 4.69) is 0 Å². The second-order valence-electron chi connectivity index (χ2n) is 6.26. The van der Waals surface area contributed by atoms with E-state index in [9.17, 15) is 9.90 Å². The first-order valence-corrected chi connectivity index (χ1v) is 7.13. The van der Waals surface area contributed by atoms with Crippen LogP contribution in [0.5, 0.6) is 0 Å². The van der Waals surface area contributed by atoms with E-state index in [1.165, 1.54) is 25.7 Å². The Bertz CT molecular complexity index is 327. The first-order valence-electron chi connectivity index (χ1n) is 7.13. The maximum Gasteiger partial charge on any atom is 0.312 e. The molecule has 0 radical (unpaired) electrons. The SMILES string of the molecule is O=C(O)C1(CC2CCC3(CCCC3)O2)CCOC1. The number of ether oxygens (including phenoxy) is 2. The highest BCUT2D eigenvalue weighted by atomic mass is 16.5. The van der Waals surface area contributed by atoms with Gasteiger partial charge in [0.2, 0.25) is 0 Å². The molecule has 0 aromatic heterocycles. The Balaban J connectivity index is 1.64. The lowest BCUT2D eigenvalue weighted by atomic mass is 9.81. The Hall–Kier alpha value is -0.610. The highest BCUT2D eigenvalue weighted by Crippen LogP contribution is 2.46. The number of hydrogen-bond donors (Lipinski definition) is 1. The van der Waals surface area contributed by atoms with E-state index in [-0.39, 0.29) is 11.7 Å². The van der Waals surface area contributed by atoms with E-state index >= 15 is 0 Å². The second-order valence-corrected chi connectivity index (χ2v) is 6.26. The van der Waals surface area contributed by atoms with Crippen LogP contribution in [0.15, 0.2) is 0 Å². The van der Waals surface area contributed by atoms with Crippen LogP contribution in [0, 0.1) is 5.41 Å². The largest absolute Gasteiger partial charge is 0.481 e. The summed E-state index contributed by atoms with van der Waals surface area (Å²) in [6.45, 7) is 0.930. The molecule has 3 fully saturated rings. The van der Waals surface area contributed by atoms with Crippen LogP contribution in [0.2, 0.25) is 0 Å². The van der Waals surface area contributed by atoms with Gasteiger partial charge in [0.15, 0.2) is 0 Å². The van der Waals surface area contributed by atoms with E-state index in [4.69, 9.17) is 9.47 Å². The molecule has 1 N–H and O–H groups in total. The molecule has 2 heterocycles. The molecule has 2 atom stereocenters. The summed E-state index contributed by atoms with van der Waals surface area (Å²) in [5, 5.41) is 9.45. The van der Waals surface area contributed by atoms with Crippen LogP contribution < -0.4 is 0 Å². The van der Waals surface area contributed by atoms with Crippen LogP contribution in [-0.4, -0.2) is 36.0 Å². The fourth-order valence-corrected chi connectivity index (χ4v) is 3.89. The lowest BCUT2D eigenvalue weighted by Gasteiger charge is -2.28. The summed E-state index contributed by atoms with van der Waals surface area (Å²) in [6.07, 6.45) is 8.39. The fourth-order valence-electron chi connectivity index (χ4n) is 3.89. The standard InChI is InChI=1S/C14H22O4/c15-12(16)13(7-8-17-10-13)9-11-3-6-14(18-11)4-1-2-5-14/h11H,1-10H2,(H,15,16). The molecule has 4 nitrogen and oxygen atoms in total. The van der Waals surface area contributed by atoms with Crippen molar-refractivity contribution in [2.24, 2.45) is 5.41 Å². The quantitative estimate of drug-likeness (QED) is 0.840. The Kier molecular flexibility index (Phi) is 3.10. The minimum absolute atomic E-state index is 0.101. The molecule has 0 bridgehead atoms. The van der Waals surface area contributed by atoms with Crippen molar-refractivity contribution >= 4 is 5.97 Å². The topological polar surface area (TPSA) is 55.8 Å². The Morgan fingerprint density at radius 1 is 1.22 bits per heavy atom. The molecule has 0 aromatic rings. The van der Waals surface area contributed by atoms with Gasteiger partial charge in [-0.25, -0.2) is 0 Å². The molecule has 1 spiro atoms. The van der Waals surface area contributed by atoms with E-state index < -0.39 is 11.4 Å². The average molecular weight is 254 g/mol. The summed E-state index contributed by atoms with van der Waals surface area (Å²) in [7, 11) is 0. The zero-order valence-electron chi connectivity index (χ0n) is 10.8. The van der Waals surface area contributed by atoms with Crippen molar-refractivity contribution in [1.29, 1.82) is 0 Å². The third-order valence-corrected chi connectivity index (χ3v) is 5.03. The fraction of sp³-hybridized carbons (Fsp3) is 0.929. The second kappa shape index (κ2) is 4.49. The van der Waals surface area contributed by atoms with Crippen molar-refractivity contribution in [1.82, 2.24) is 0 Å². The van der Waals surface area contributed by atoms with Crippen LogP contribution in [0.4, 0.5) is 0 Å². The van der Waals surface area contributed by atoms with Crippen LogP contribution in [0.25, 0.3) is 0 Å². The van der Waals surface area contributed by atoms with Gasteiger partial charge in [-0.3, -0.25) is 4.79 Å². The van der Waals surface area contributed by atoms with Crippen molar-refractivity contribution in [3.8, 4) is 0 Å². The molecule has 3 aliphatic rings. The normalized spacial score (nSPS) is 38.6. The highest BCUT2D eigenvalue weighted by Gasteiger charge is 2.49. The Morgan fingerprint density at radius 3 is 2.61 bits per heavy atom. The van der Waals surface area contributed by atoms with Gasteiger partial charge in [-0.15, -0.1) is 0 Å². The summed E-state index contributed by atoms with van der Waals surface area (Å²) in [5.74, 6) is -0.712. The lowest BCUT2D eigenvalue weighted by molar-refractivity contribution is -0.152. The van der Waals surface area contributed by atoms with Gasteiger partial charge in [0, 0.05) is 6.61 Å². The zero-order valence-corrected chi connectivity index (χ0v) is 10.8. The number of aliphatic carboxylic acids is 1. The molecular weight excluding hydrogens is 232 g/mol. The van der Waals surface area contributed by atoms with E-state index in [0.29, 0.717) is 26.1 Å². The van der Waals surface area contributed by atoms with Gasteiger partial charge < -0.3 is 14.6 Å². The first-order chi connectivity index (χ1) is 8.64. The van der Waals surface area contributed by atoms with Gasteiger partial charge >= 0.3 is 5.97 Å². The summed E-state index contributed by atoms with van der Waals surface area (Å²) in [4.78, 5) is 11.5. The summed E-state index contributed by atoms with van der Waals surface area (Å²) < 4.78 is 11.5. The average Bonchev–Trinajstić information content (AvgIpc) is 3.03. The molecule has 18 heavy (non-hydrogen) atoms.